The average Bonchev–Trinajstić information content (AvgIpc) is 3.56. The highest BCUT2D eigenvalue weighted by molar-refractivity contribution is 5.57. The van der Waals surface area contributed by atoms with Crippen LogP contribution in [0.25, 0.3) is 0 Å². The highest BCUT2D eigenvalue weighted by Gasteiger charge is 2.22. The van der Waals surface area contributed by atoms with Gasteiger partial charge < -0.3 is 5.32 Å². The minimum Gasteiger partial charge on any atom is -0.372 e. The predicted octanol–water partition coefficient (Wildman–Crippen LogP) is 13.9. The number of nitrogens with one attached hydrogen (secondary N) is 1. The van der Waals surface area contributed by atoms with E-state index in [1.54, 1.807) is 0 Å². The molecule has 1 aromatic rings. The molecule has 0 bridgehead atoms. The van der Waals surface area contributed by atoms with E-state index >= 15 is 0 Å². The van der Waals surface area contributed by atoms with Gasteiger partial charge >= 0.3 is 0 Å². The molecule has 2 heteroatoms. The van der Waals surface area contributed by atoms with Gasteiger partial charge in [-0.3, -0.25) is 4.99 Å². The lowest BCUT2D eigenvalue weighted by atomic mass is 9.78. The Bertz CT molecular complexity index is 1050. The van der Waals surface area contributed by atoms with Gasteiger partial charge in [-0.15, -0.1) is 0 Å². The Balaban J connectivity index is 1.79. The molecule has 0 saturated carbocycles. The first-order chi connectivity index (χ1) is 22.9. The molecule has 272 valence electrons. The highest BCUT2D eigenvalue weighted by atomic mass is 15.0. The topological polar surface area (TPSA) is 24.4 Å². The fraction of sp³-hybridized carbons (Fsp3) is 0.717. The van der Waals surface area contributed by atoms with Gasteiger partial charge in [-0.25, -0.2) is 0 Å². The summed E-state index contributed by atoms with van der Waals surface area (Å²) < 4.78 is 0. The summed E-state index contributed by atoms with van der Waals surface area (Å²) in [4.78, 5) is 4.34. The van der Waals surface area contributed by atoms with Gasteiger partial charge in [-0.05, 0) is 117 Å². The van der Waals surface area contributed by atoms with Gasteiger partial charge in [-0.2, -0.15) is 0 Å². The standard InChI is InChI=1S/C46H78N2/c1-10-11-12-13-14-15-16-17-18-19-20-21-22-23-24-25-38(2)26-29-40(30-27-39(3)28-31-44-36-47-37-48-44)32-41-33-42(45(4,5)6)35-43(34-41)46(7,8)9/h14-15,33-35,37,40,44H,2-3,10-13,16-32,36H2,1,4-9H3,(H,47,48)/b15-14-. The van der Waals surface area contributed by atoms with Crippen molar-refractivity contribution in [2.75, 3.05) is 6.54 Å². The van der Waals surface area contributed by atoms with Gasteiger partial charge in [0.15, 0.2) is 0 Å². The second-order valence-electron chi connectivity index (χ2n) is 17.3. The summed E-state index contributed by atoms with van der Waals surface area (Å²) in [6.45, 7) is 26.4. The maximum atomic E-state index is 4.56. The number of benzene rings is 1. The molecule has 1 aliphatic heterocycles. The molecule has 0 radical (unpaired) electrons. The normalized spacial score (nSPS) is 15.7. The molecule has 2 rings (SSSR count). The lowest BCUT2D eigenvalue weighted by Gasteiger charge is -2.27. The van der Waals surface area contributed by atoms with Crippen LogP contribution >= 0.6 is 0 Å². The van der Waals surface area contributed by atoms with Crippen LogP contribution in [0.15, 0.2) is 59.6 Å². The van der Waals surface area contributed by atoms with Crippen LogP contribution in [0, 0.1) is 5.92 Å². The van der Waals surface area contributed by atoms with E-state index < -0.39 is 0 Å². The van der Waals surface area contributed by atoms with Crippen molar-refractivity contribution < 1.29 is 0 Å². The van der Waals surface area contributed by atoms with Gasteiger partial charge in [-0.1, -0.05) is 154 Å². The van der Waals surface area contributed by atoms with Crippen molar-refractivity contribution in [2.24, 2.45) is 10.9 Å². The predicted molar refractivity (Wildman–Crippen MR) is 217 cm³/mol. The van der Waals surface area contributed by atoms with E-state index in [1.165, 1.54) is 137 Å². The Hall–Kier alpha value is -2.09. The number of rotatable bonds is 26. The third kappa shape index (κ3) is 19.2. The Labute approximate surface area is 299 Å². The molecule has 2 unspecified atom stereocenters. The summed E-state index contributed by atoms with van der Waals surface area (Å²) in [5, 5.41) is 3.38. The van der Waals surface area contributed by atoms with Crippen molar-refractivity contribution in [1.29, 1.82) is 0 Å². The summed E-state index contributed by atoms with van der Waals surface area (Å²) in [5.74, 6) is 0.658. The van der Waals surface area contributed by atoms with E-state index in [9.17, 15) is 0 Å². The van der Waals surface area contributed by atoms with Crippen LogP contribution in [0.1, 0.15) is 194 Å². The quantitative estimate of drug-likeness (QED) is 0.0777. The second kappa shape index (κ2) is 23.3. The molecule has 0 spiro atoms. The van der Waals surface area contributed by atoms with Gasteiger partial charge in [0.25, 0.3) is 0 Å². The van der Waals surface area contributed by atoms with Gasteiger partial charge in [0.1, 0.15) is 0 Å². The van der Waals surface area contributed by atoms with E-state index in [-0.39, 0.29) is 10.8 Å². The summed E-state index contributed by atoms with van der Waals surface area (Å²) >= 11 is 0. The highest BCUT2D eigenvalue weighted by Crippen LogP contribution is 2.33. The monoisotopic (exact) mass is 659 g/mol. The molecule has 0 fully saturated rings. The van der Waals surface area contributed by atoms with Gasteiger partial charge in [0.05, 0.1) is 12.9 Å². The first kappa shape index (κ1) is 42.1. The first-order valence-electron chi connectivity index (χ1n) is 20.3. The Kier molecular flexibility index (Phi) is 20.5. The minimum atomic E-state index is 0.150. The summed E-state index contributed by atoms with van der Waals surface area (Å²) in [7, 11) is 0. The largest absolute Gasteiger partial charge is 0.372 e. The fourth-order valence-electron chi connectivity index (χ4n) is 6.81. The smallest absolute Gasteiger partial charge is 0.0827 e. The van der Waals surface area contributed by atoms with Crippen molar-refractivity contribution in [3.05, 3.63) is 71.3 Å². The zero-order valence-corrected chi connectivity index (χ0v) is 33.0. The number of aliphatic imine (C=N–C) groups is 1. The molecule has 1 heterocycles. The molecule has 48 heavy (non-hydrogen) atoms. The SMILES string of the molecule is C=C(CCCCCCCCCC/C=C\CCCCC)CCC(CCC(=C)CCC1CN=CN1)Cc1cc(C(C)(C)C)cc(C(C)(C)C)c1. The van der Waals surface area contributed by atoms with Crippen molar-refractivity contribution in [2.45, 2.75) is 200 Å². The Morgan fingerprint density at radius 2 is 1.25 bits per heavy atom. The summed E-state index contributed by atoms with van der Waals surface area (Å²) in [6, 6.07) is 7.96. The van der Waals surface area contributed by atoms with E-state index in [0.29, 0.717) is 12.0 Å². The summed E-state index contributed by atoms with van der Waals surface area (Å²) in [5.41, 5.74) is 7.62. The molecule has 1 aliphatic rings. The van der Waals surface area contributed by atoms with Crippen LogP contribution in [-0.2, 0) is 17.3 Å². The number of unbranched alkanes of at least 4 members (excludes halogenated alkanes) is 11. The molecular formula is C46H78N2. The molecule has 1 N–H and O–H groups in total. The van der Waals surface area contributed by atoms with Crippen molar-refractivity contribution in [3.8, 4) is 0 Å². The Morgan fingerprint density at radius 3 is 1.77 bits per heavy atom. The average molecular weight is 659 g/mol. The zero-order chi connectivity index (χ0) is 35.3. The summed E-state index contributed by atoms with van der Waals surface area (Å²) in [6.07, 6.45) is 33.7. The zero-order valence-electron chi connectivity index (χ0n) is 33.0. The van der Waals surface area contributed by atoms with E-state index in [1.807, 2.05) is 6.34 Å². The number of hydrogen-bond donors (Lipinski definition) is 1. The molecule has 0 aromatic heterocycles. The molecule has 0 aliphatic carbocycles. The second-order valence-corrected chi connectivity index (χ2v) is 17.3. The van der Waals surface area contributed by atoms with Crippen molar-refractivity contribution in [3.63, 3.8) is 0 Å². The number of allylic oxidation sites excluding steroid dienone is 4. The number of nitrogens with zero attached hydrogens (tertiary/aromatic N) is 1. The van der Waals surface area contributed by atoms with E-state index in [2.05, 4.69) is 102 Å². The molecule has 2 nitrogen and oxygen atoms in total. The van der Waals surface area contributed by atoms with Crippen LogP contribution in [0.4, 0.5) is 0 Å². The van der Waals surface area contributed by atoms with Crippen LogP contribution in [0.5, 0.6) is 0 Å². The molecule has 2 atom stereocenters. The Morgan fingerprint density at radius 1 is 0.729 bits per heavy atom. The lowest BCUT2D eigenvalue weighted by Crippen LogP contribution is -2.24. The minimum absolute atomic E-state index is 0.150. The molecule has 0 amide bonds. The van der Waals surface area contributed by atoms with E-state index in [0.717, 1.165) is 32.2 Å². The molecule has 1 aromatic carbocycles. The maximum absolute atomic E-state index is 4.56. The van der Waals surface area contributed by atoms with Crippen LogP contribution < -0.4 is 5.32 Å². The number of hydrogen-bond acceptors (Lipinski definition) is 2. The van der Waals surface area contributed by atoms with E-state index in [4.69, 9.17) is 0 Å². The first-order valence-corrected chi connectivity index (χ1v) is 20.3. The fourth-order valence-corrected chi connectivity index (χ4v) is 6.81. The van der Waals surface area contributed by atoms with Crippen LogP contribution in [0.3, 0.4) is 0 Å². The lowest BCUT2D eigenvalue weighted by molar-refractivity contribution is 0.438. The molecule has 0 saturated heterocycles. The van der Waals surface area contributed by atoms with Gasteiger partial charge in [0.2, 0.25) is 0 Å². The van der Waals surface area contributed by atoms with Crippen molar-refractivity contribution >= 4 is 6.34 Å². The third-order valence-electron chi connectivity index (χ3n) is 10.4. The van der Waals surface area contributed by atoms with Gasteiger partial charge in [0, 0.05) is 6.04 Å². The molecular weight excluding hydrogens is 581 g/mol. The van der Waals surface area contributed by atoms with Crippen molar-refractivity contribution in [1.82, 2.24) is 5.32 Å². The third-order valence-corrected chi connectivity index (χ3v) is 10.4. The maximum Gasteiger partial charge on any atom is 0.0827 e. The van der Waals surface area contributed by atoms with Crippen LogP contribution in [-0.4, -0.2) is 18.9 Å². The van der Waals surface area contributed by atoms with Crippen LogP contribution in [0.2, 0.25) is 0 Å².